The molecule has 3 heterocycles. The van der Waals surface area contributed by atoms with Crippen LogP contribution in [-0.2, 0) is 7.05 Å². The van der Waals surface area contributed by atoms with Crippen molar-refractivity contribution in [1.29, 1.82) is 0 Å². The molecule has 22 heavy (non-hydrogen) atoms. The largest absolute Gasteiger partial charge is 0.364 e. The molecule has 116 valence electrons. The third-order valence-electron chi connectivity index (χ3n) is 4.22. The van der Waals surface area contributed by atoms with Gasteiger partial charge in [-0.1, -0.05) is 0 Å². The normalized spacial score (nSPS) is 18.5. The first-order chi connectivity index (χ1) is 10.6. The quantitative estimate of drug-likeness (QED) is 0.912. The topological polar surface area (TPSA) is 71.0 Å². The molecule has 1 aliphatic heterocycles. The third kappa shape index (κ3) is 2.68. The minimum absolute atomic E-state index is 0.194. The summed E-state index contributed by atoms with van der Waals surface area (Å²) in [7, 11) is 1.97. The highest BCUT2D eigenvalue weighted by atomic mass is 16.2. The van der Waals surface area contributed by atoms with Crippen LogP contribution in [0.1, 0.15) is 40.6 Å². The van der Waals surface area contributed by atoms with Crippen molar-refractivity contribution >= 4 is 5.91 Å². The average Bonchev–Trinajstić information content (AvgIpc) is 2.93. The standard InChI is InChI=1S/C16H20N4O2/c1-11-8-14(21)13(9-18-11)16(22)20-6-3-4-12(10-20)15-17-5-7-19(15)2/h5,7-9,12H,3-4,6,10H2,1-2H3,(H,18,21). The minimum Gasteiger partial charge on any atom is -0.364 e. The minimum atomic E-state index is -0.222. The molecule has 0 aliphatic carbocycles. The number of nitrogens with one attached hydrogen (secondary N) is 1. The van der Waals surface area contributed by atoms with Crippen LogP contribution in [0.4, 0.5) is 0 Å². The zero-order valence-electron chi connectivity index (χ0n) is 12.9. The second-order valence-electron chi connectivity index (χ2n) is 5.88. The zero-order valence-corrected chi connectivity index (χ0v) is 12.9. The number of aryl methyl sites for hydroxylation is 2. The van der Waals surface area contributed by atoms with E-state index in [0.717, 1.165) is 24.4 Å². The van der Waals surface area contributed by atoms with Crippen molar-refractivity contribution in [3.8, 4) is 0 Å². The number of hydrogen-bond donors (Lipinski definition) is 1. The highest BCUT2D eigenvalue weighted by molar-refractivity contribution is 5.93. The monoisotopic (exact) mass is 300 g/mol. The Morgan fingerprint density at radius 1 is 1.45 bits per heavy atom. The van der Waals surface area contributed by atoms with E-state index < -0.39 is 0 Å². The van der Waals surface area contributed by atoms with Gasteiger partial charge < -0.3 is 14.5 Å². The lowest BCUT2D eigenvalue weighted by molar-refractivity contribution is 0.0702. The number of imidazole rings is 1. The molecule has 0 aromatic carbocycles. The number of H-pyrrole nitrogens is 1. The molecule has 2 aromatic rings. The van der Waals surface area contributed by atoms with E-state index in [9.17, 15) is 9.59 Å². The molecule has 6 nitrogen and oxygen atoms in total. The molecule has 1 aliphatic rings. The molecule has 1 atom stereocenters. The Morgan fingerprint density at radius 3 is 2.95 bits per heavy atom. The van der Waals surface area contributed by atoms with Crippen LogP contribution in [0.5, 0.6) is 0 Å². The van der Waals surface area contributed by atoms with Gasteiger partial charge in [0.1, 0.15) is 11.4 Å². The molecule has 0 saturated carbocycles. The summed E-state index contributed by atoms with van der Waals surface area (Å²) < 4.78 is 2.00. The van der Waals surface area contributed by atoms with Crippen LogP contribution >= 0.6 is 0 Å². The summed E-state index contributed by atoms with van der Waals surface area (Å²) in [4.78, 5) is 33.7. The predicted molar refractivity (Wildman–Crippen MR) is 82.9 cm³/mol. The van der Waals surface area contributed by atoms with Gasteiger partial charge in [-0.2, -0.15) is 0 Å². The highest BCUT2D eigenvalue weighted by Crippen LogP contribution is 2.26. The lowest BCUT2D eigenvalue weighted by atomic mass is 9.96. The zero-order chi connectivity index (χ0) is 15.7. The van der Waals surface area contributed by atoms with E-state index in [1.54, 1.807) is 18.0 Å². The number of piperidine rings is 1. The summed E-state index contributed by atoms with van der Waals surface area (Å²) in [5.74, 6) is 1.03. The Labute approximate surface area is 128 Å². The van der Waals surface area contributed by atoms with E-state index in [2.05, 4.69) is 9.97 Å². The SMILES string of the molecule is Cc1cc(=O)c(C(=O)N2CCCC(c3nccn3C)C2)c[nH]1. The van der Waals surface area contributed by atoms with E-state index in [1.807, 2.05) is 17.8 Å². The third-order valence-corrected chi connectivity index (χ3v) is 4.22. The fourth-order valence-corrected chi connectivity index (χ4v) is 3.05. The second-order valence-corrected chi connectivity index (χ2v) is 5.88. The predicted octanol–water partition coefficient (Wildman–Crippen LogP) is 1.44. The van der Waals surface area contributed by atoms with Gasteiger partial charge in [0.05, 0.1) is 0 Å². The molecule has 1 saturated heterocycles. The van der Waals surface area contributed by atoms with Crippen molar-refractivity contribution in [3.05, 3.63) is 52.0 Å². The number of rotatable bonds is 2. The second kappa shape index (κ2) is 5.79. The summed E-state index contributed by atoms with van der Waals surface area (Å²) in [6, 6.07) is 1.47. The lowest BCUT2D eigenvalue weighted by Crippen LogP contribution is -2.41. The van der Waals surface area contributed by atoms with Crippen molar-refractivity contribution in [1.82, 2.24) is 19.4 Å². The van der Waals surface area contributed by atoms with Gasteiger partial charge in [-0.05, 0) is 19.8 Å². The maximum Gasteiger partial charge on any atom is 0.259 e. The van der Waals surface area contributed by atoms with Crippen LogP contribution in [-0.4, -0.2) is 38.4 Å². The molecular formula is C16H20N4O2. The number of aromatic amines is 1. The first-order valence-corrected chi connectivity index (χ1v) is 7.52. The van der Waals surface area contributed by atoms with Crippen molar-refractivity contribution in [3.63, 3.8) is 0 Å². The molecule has 6 heteroatoms. The van der Waals surface area contributed by atoms with Gasteiger partial charge in [-0.15, -0.1) is 0 Å². The van der Waals surface area contributed by atoms with Gasteiger partial charge in [0.25, 0.3) is 5.91 Å². The number of likely N-dealkylation sites (tertiary alicyclic amines) is 1. The highest BCUT2D eigenvalue weighted by Gasteiger charge is 2.28. The summed E-state index contributed by atoms with van der Waals surface area (Å²) >= 11 is 0. The fraction of sp³-hybridized carbons (Fsp3) is 0.438. The van der Waals surface area contributed by atoms with Crippen LogP contribution in [0.15, 0.2) is 29.5 Å². The van der Waals surface area contributed by atoms with E-state index in [1.165, 1.54) is 12.3 Å². The van der Waals surface area contributed by atoms with E-state index in [0.29, 0.717) is 13.1 Å². The van der Waals surface area contributed by atoms with E-state index >= 15 is 0 Å². The number of nitrogens with zero attached hydrogens (tertiary/aromatic N) is 3. The molecule has 1 N–H and O–H groups in total. The molecule has 1 amide bonds. The first kappa shape index (κ1) is 14.6. The summed E-state index contributed by atoms with van der Waals surface area (Å²) in [5.41, 5.74) is 0.748. The van der Waals surface area contributed by atoms with Crippen LogP contribution in [0.25, 0.3) is 0 Å². The maximum absolute atomic E-state index is 12.6. The van der Waals surface area contributed by atoms with Crippen molar-refractivity contribution in [2.75, 3.05) is 13.1 Å². The number of pyridine rings is 1. The average molecular weight is 300 g/mol. The van der Waals surface area contributed by atoms with Crippen LogP contribution in [0.2, 0.25) is 0 Å². The Morgan fingerprint density at radius 2 is 2.27 bits per heavy atom. The molecule has 2 aromatic heterocycles. The Bertz CT molecular complexity index is 747. The molecule has 0 bridgehead atoms. The van der Waals surface area contributed by atoms with Gasteiger partial charge in [-0.25, -0.2) is 4.98 Å². The van der Waals surface area contributed by atoms with Gasteiger partial charge >= 0.3 is 0 Å². The van der Waals surface area contributed by atoms with E-state index in [4.69, 9.17) is 0 Å². The van der Waals surface area contributed by atoms with Crippen LogP contribution in [0.3, 0.4) is 0 Å². The molecule has 1 fully saturated rings. The number of hydrogen-bond acceptors (Lipinski definition) is 3. The van der Waals surface area contributed by atoms with Crippen LogP contribution < -0.4 is 5.43 Å². The van der Waals surface area contributed by atoms with Gasteiger partial charge in [0, 0.05) is 56.4 Å². The summed E-state index contributed by atoms with van der Waals surface area (Å²) in [6.07, 6.45) is 7.15. The maximum atomic E-state index is 12.6. The Balaban J connectivity index is 1.81. The smallest absolute Gasteiger partial charge is 0.259 e. The Kier molecular flexibility index (Phi) is 3.83. The number of carbonyl (C=O) groups excluding carboxylic acids is 1. The van der Waals surface area contributed by atoms with Crippen molar-refractivity contribution < 1.29 is 4.79 Å². The molecule has 1 unspecified atom stereocenters. The molecule has 3 rings (SSSR count). The van der Waals surface area contributed by atoms with Gasteiger partial charge in [0.2, 0.25) is 0 Å². The van der Waals surface area contributed by atoms with Gasteiger partial charge in [-0.3, -0.25) is 9.59 Å². The molecular weight excluding hydrogens is 280 g/mol. The Hall–Kier alpha value is -2.37. The summed E-state index contributed by atoms with van der Waals surface area (Å²) in [5, 5.41) is 0. The van der Waals surface area contributed by atoms with Crippen molar-refractivity contribution in [2.45, 2.75) is 25.7 Å². The van der Waals surface area contributed by atoms with Crippen molar-refractivity contribution in [2.24, 2.45) is 7.05 Å². The van der Waals surface area contributed by atoms with Gasteiger partial charge in [0.15, 0.2) is 5.43 Å². The molecule has 0 spiro atoms. The van der Waals surface area contributed by atoms with E-state index in [-0.39, 0.29) is 22.8 Å². The number of amides is 1. The number of carbonyl (C=O) groups is 1. The lowest BCUT2D eigenvalue weighted by Gasteiger charge is -2.32. The molecule has 0 radical (unpaired) electrons. The fourth-order valence-electron chi connectivity index (χ4n) is 3.05. The summed E-state index contributed by atoms with van der Waals surface area (Å²) in [6.45, 7) is 3.09. The van der Waals surface area contributed by atoms with Crippen LogP contribution in [0, 0.1) is 6.92 Å². The number of aromatic nitrogens is 3. The first-order valence-electron chi connectivity index (χ1n) is 7.52.